The van der Waals surface area contributed by atoms with Crippen LogP contribution in [-0.4, -0.2) is 35.9 Å². The van der Waals surface area contributed by atoms with Crippen molar-refractivity contribution in [3.05, 3.63) is 29.8 Å². The van der Waals surface area contributed by atoms with E-state index in [9.17, 15) is 4.79 Å². The molecule has 2 saturated carbocycles. The number of carbonyl (C=O) groups is 1. The van der Waals surface area contributed by atoms with Gasteiger partial charge in [-0.1, -0.05) is 38.5 Å². The Kier molecular flexibility index (Phi) is 5.34. The van der Waals surface area contributed by atoms with Crippen LogP contribution in [-0.2, 0) is 0 Å². The third kappa shape index (κ3) is 3.32. The van der Waals surface area contributed by atoms with Crippen molar-refractivity contribution in [2.24, 2.45) is 16.4 Å². The molecule has 5 nitrogen and oxygen atoms in total. The van der Waals surface area contributed by atoms with Crippen LogP contribution < -0.4 is 10.1 Å². The topological polar surface area (TPSA) is 53.9 Å². The van der Waals surface area contributed by atoms with E-state index in [2.05, 4.69) is 32.2 Å². The first-order valence-corrected chi connectivity index (χ1v) is 11.2. The van der Waals surface area contributed by atoms with Crippen molar-refractivity contribution in [3.63, 3.8) is 0 Å². The molecule has 0 saturated heterocycles. The highest BCUT2D eigenvalue weighted by Gasteiger charge is 2.60. The minimum Gasteiger partial charge on any atom is -0.496 e. The van der Waals surface area contributed by atoms with Gasteiger partial charge in [0.25, 0.3) is 0 Å². The molecule has 158 valence electrons. The molecular weight excluding hydrogens is 362 g/mol. The number of carbonyl (C=O) groups excluding carboxylic acids is 1. The molecule has 2 fully saturated rings. The molecule has 3 aliphatic rings. The number of hydrogen-bond acceptors (Lipinski definition) is 3. The van der Waals surface area contributed by atoms with E-state index in [1.807, 2.05) is 18.2 Å². The Labute approximate surface area is 174 Å². The van der Waals surface area contributed by atoms with E-state index in [0.717, 1.165) is 36.3 Å². The van der Waals surface area contributed by atoms with Crippen LogP contribution >= 0.6 is 0 Å². The molecule has 2 bridgehead atoms. The quantitative estimate of drug-likeness (QED) is 0.706. The summed E-state index contributed by atoms with van der Waals surface area (Å²) in [4.78, 5) is 13.3. The highest BCUT2D eigenvalue weighted by atomic mass is 16.5. The number of nitrogens with zero attached hydrogens (tertiary/aromatic N) is 2. The van der Waals surface area contributed by atoms with Crippen molar-refractivity contribution in [2.75, 3.05) is 13.7 Å². The molecule has 5 heteroatoms. The molecule has 0 radical (unpaired) electrons. The molecule has 2 atom stereocenters. The van der Waals surface area contributed by atoms with Gasteiger partial charge >= 0.3 is 6.03 Å². The number of methoxy groups -OCH3 is 1. The fourth-order valence-electron chi connectivity index (χ4n) is 5.87. The zero-order valence-corrected chi connectivity index (χ0v) is 18.3. The summed E-state index contributed by atoms with van der Waals surface area (Å²) in [6.45, 7) is 7.38. The number of rotatable bonds is 6. The normalized spacial score (nSPS) is 33.1. The second-order valence-electron chi connectivity index (χ2n) is 9.54. The van der Waals surface area contributed by atoms with Crippen LogP contribution in [0.2, 0.25) is 0 Å². The van der Waals surface area contributed by atoms with E-state index < -0.39 is 0 Å². The third-order valence-corrected chi connectivity index (χ3v) is 8.07. The molecule has 1 aliphatic heterocycles. The van der Waals surface area contributed by atoms with Crippen LogP contribution in [0.5, 0.6) is 5.75 Å². The minimum absolute atomic E-state index is 0.0427. The van der Waals surface area contributed by atoms with Gasteiger partial charge in [0.05, 0.1) is 13.7 Å². The van der Waals surface area contributed by atoms with Gasteiger partial charge in [-0.3, -0.25) is 0 Å². The maximum atomic E-state index is 13.3. The third-order valence-electron chi connectivity index (χ3n) is 8.07. The predicted molar refractivity (Wildman–Crippen MR) is 116 cm³/mol. The number of unbranched alkanes of at least 4 members (excludes halogenated alkanes) is 1. The van der Waals surface area contributed by atoms with Crippen molar-refractivity contribution in [1.29, 1.82) is 0 Å². The summed E-state index contributed by atoms with van der Waals surface area (Å²) >= 11 is 0. The first-order chi connectivity index (χ1) is 13.9. The van der Waals surface area contributed by atoms with Crippen molar-refractivity contribution in [3.8, 4) is 5.75 Å². The molecule has 1 N–H and O–H groups in total. The standard InChI is InChI=1S/C24H35N3O2/c1-5-6-10-20-19(18-9-7-8-11-21(18)29-4)16-27(26-20)22(28)25-24(3)17-12-14-23(24,2)15-13-17/h7-9,11,17,19H,5-6,10,12-16H2,1-4H3,(H,25,28)/t17?,19?,23?,24-/m0/s1. The van der Waals surface area contributed by atoms with Gasteiger partial charge in [-0.25, -0.2) is 9.80 Å². The van der Waals surface area contributed by atoms with E-state index in [0.29, 0.717) is 12.5 Å². The monoisotopic (exact) mass is 397 g/mol. The Bertz CT molecular complexity index is 797. The summed E-state index contributed by atoms with van der Waals surface area (Å²) in [6.07, 6.45) is 7.98. The first-order valence-electron chi connectivity index (χ1n) is 11.2. The maximum absolute atomic E-state index is 13.3. The highest BCUT2D eigenvalue weighted by Crippen LogP contribution is 2.60. The molecule has 1 aromatic rings. The molecule has 4 rings (SSSR count). The average molecular weight is 398 g/mol. The number of fused-ring (bicyclic) bond motifs is 2. The maximum Gasteiger partial charge on any atom is 0.338 e. The zero-order chi connectivity index (χ0) is 20.6. The Hall–Kier alpha value is -2.04. The number of ether oxygens (including phenoxy) is 1. The molecule has 2 aliphatic carbocycles. The number of benzene rings is 1. The molecule has 2 amide bonds. The van der Waals surface area contributed by atoms with Crippen molar-refractivity contribution in [1.82, 2.24) is 10.3 Å². The largest absolute Gasteiger partial charge is 0.496 e. The van der Waals surface area contributed by atoms with Crippen LogP contribution in [0.4, 0.5) is 4.79 Å². The minimum atomic E-state index is -0.119. The summed E-state index contributed by atoms with van der Waals surface area (Å²) in [6, 6.07) is 8.08. The van der Waals surface area contributed by atoms with Gasteiger partial charge in [0, 0.05) is 22.7 Å². The number of nitrogens with one attached hydrogen (secondary N) is 1. The highest BCUT2D eigenvalue weighted by molar-refractivity contribution is 5.95. The summed E-state index contributed by atoms with van der Waals surface area (Å²) < 4.78 is 5.61. The smallest absolute Gasteiger partial charge is 0.338 e. The van der Waals surface area contributed by atoms with Crippen molar-refractivity contribution < 1.29 is 9.53 Å². The van der Waals surface area contributed by atoms with Crippen LogP contribution in [0.1, 0.15) is 77.2 Å². The Morgan fingerprint density at radius 1 is 1.28 bits per heavy atom. The molecule has 0 spiro atoms. The van der Waals surface area contributed by atoms with E-state index in [-0.39, 0.29) is 22.9 Å². The second kappa shape index (κ2) is 7.66. The summed E-state index contributed by atoms with van der Waals surface area (Å²) in [5, 5.41) is 9.91. The fraction of sp³-hybridized carbons (Fsp3) is 0.667. The fourth-order valence-corrected chi connectivity index (χ4v) is 5.87. The zero-order valence-electron chi connectivity index (χ0n) is 18.3. The number of urea groups is 1. The van der Waals surface area contributed by atoms with Crippen molar-refractivity contribution >= 4 is 11.7 Å². The summed E-state index contributed by atoms with van der Waals surface area (Å²) in [5.74, 6) is 1.57. The van der Waals surface area contributed by atoms with E-state index in [1.54, 1.807) is 12.1 Å². The van der Waals surface area contributed by atoms with Gasteiger partial charge in [0.2, 0.25) is 0 Å². The van der Waals surface area contributed by atoms with Gasteiger partial charge < -0.3 is 10.1 Å². The van der Waals surface area contributed by atoms with Gasteiger partial charge in [0.1, 0.15) is 5.75 Å². The summed E-state index contributed by atoms with van der Waals surface area (Å²) in [5.41, 5.74) is 2.31. The number of hydrogen-bond donors (Lipinski definition) is 1. The van der Waals surface area contributed by atoms with Gasteiger partial charge in [-0.15, -0.1) is 0 Å². The second-order valence-corrected chi connectivity index (χ2v) is 9.54. The Morgan fingerprint density at radius 2 is 2.00 bits per heavy atom. The molecule has 1 heterocycles. The molecule has 29 heavy (non-hydrogen) atoms. The SMILES string of the molecule is CCCCC1=NN(C(=O)N[C@@]2(C)C3CCC2(C)CC3)CC1c1ccccc1OC. The number of hydrazone groups is 1. The van der Waals surface area contributed by atoms with Crippen LogP contribution in [0.3, 0.4) is 0 Å². The number of para-hydroxylation sites is 1. The summed E-state index contributed by atoms with van der Waals surface area (Å²) in [7, 11) is 1.71. The first kappa shape index (κ1) is 20.2. The van der Waals surface area contributed by atoms with E-state index in [1.165, 1.54) is 25.7 Å². The van der Waals surface area contributed by atoms with Crippen LogP contribution in [0, 0.1) is 11.3 Å². The Morgan fingerprint density at radius 3 is 2.62 bits per heavy atom. The lowest BCUT2D eigenvalue weighted by Gasteiger charge is -2.39. The Balaban J connectivity index is 1.55. The predicted octanol–water partition coefficient (Wildman–Crippen LogP) is 5.32. The van der Waals surface area contributed by atoms with Crippen LogP contribution in [0.15, 0.2) is 29.4 Å². The van der Waals surface area contributed by atoms with E-state index in [4.69, 9.17) is 9.84 Å². The molecule has 1 unspecified atom stereocenters. The number of amides is 2. The lowest BCUT2D eigenvalue weighted by atomic mass is 9.76. The average Bonchev–Trinajstić information content (AvgIpc) is 3.33. The lowest BCUT2D eigenvalue weighted by molar-refractivity contribution is 0.148. The van der Waals surface area contributed by atoms with Crippen LogP contribution in [0.25, 0.3) is 0 Å². The molecule has 1 aromatic carbocycles. The van der Waals surface area contributed by atoms with Gasteiger partial charge in [-0.2, -0.15) is 5.10 Å². The van der Waals surface area contributed by atoms with Gasteiger partial charge in [-0.05, 0) is 62.8 Å². The molecular formula is C24H35N3O2. The van der Waals surface area contributed by atoms with Gasteiger partial charge in [0.15, 0.2) is 0 Å². The van der Waals surface area contributed by atoms with E-state index >= 15 is 0 Å². The van der Waals surface area contributed by atoms with Crippen molar-refractivity contribution in [2.45, 2.75) is 77.2 Å². The molecule has 0 aromatic heterocycles. The lowest BCUT2D eigenvalue weighted by Crippen LogP contribution is -2.56.